The van der Waals surface area contributed by atoms with E-state index in [9.17, 15) is 9.59 Å². The molecule has 2 N–H and O–H groups in total. The van der Waals surface area contributed by atoms with Gasteiger partial charge in [-0.2, -0.15) is 0 Å². The predicted octanol–water partition coefficient (Wildman–Crippen LogP) is 5.15. The molecule has 37 heavy (non-hydrogen) atoms. The van der Waals surface area contributed by atoms with E-state index in [1.807, 2.05) is 6.07 Å². The third-order valence-corrected chi connectivity index (χ3v) is 7.94. The first kappa shape index (κ1) is 30.9. The molecule has 1 fully saturated rings. The standard InChI is InChI=1S/C30H50N2O5/c1-22(2)30(23(3)4,29(34)32-21-25-15-17-31-28(25)33)16-10-8-7-9-12-24-13-14-26(36-6)27(20-24)37-19-11-18-35-5/h13-14,20,22-23,25H,7-12,15-19,21H2,1-6H3,(H,31,33)(H,32,34)/t25-/m1/s1. The minimum atomic E-state index is -0.417. The predicted molar refractivity (Wildman–Crippen MR) is 148 cm³/mol. The quantitative estimate of drug-likeness (QED) is 0.262. The summed E-state index contributed by atoms with van der Waals surface area (Å²) in [7, 11) is 3.36. The monoisotopic (exact) mass is 518 g/mol. The van der Waals surface area contributed by atoms with Crippen LogP contribution in [0.3, 0.4) is 0 Å². The number of hydrogen-bond acceptors (Lipinski definition) is 5. The molecule has 1 aliphatic heterocycles. The highest BCUT2D eigenvalue weighted by Crippen LogP contribution is 2.41. The number of carbonyl (C=O) groups excluding carboxylic acids is 2. The number of rotatable bonds is 18. The first-order chi connectivity index (χ1) is 17.8. The van der Waals surface area contributed by atoms with Crippen LogP contribution in [0.1, 0.15) is 78.2 Å². The molecule has 1 aromatic rings. The van der Waals surface area contributed by atoms with Gasteiger partial charge in [0.1, 0.15) is 0 Å². The number of benzene rings is 1. The van der Waals surface area contributed by atoms with Crippen molar-refractivity contribution in [3.8, 4) is 11.5 Å². The summed E-state index contributed by atoms with van der Waals surface area (Å²) in [6.07, 6.45) is 7.81. The Balaban J connectivity index is 1.84. The van der Waals surface area contributed by atoms with Gasteiger partial charge in [-0.3, -0.25) is 9.59 Å². The number of nitrogens with one attached hydrogen (secondary N) is 2. The molecule has 7 heteroatoms. The Morgan fingerprint density at radius 2 is 1.76 bits per heavy atom. The second-order valence-electron chi connectivity index (χ2n) is 10.9. The summed E-state index contributed by atoms with van der Waals surface area (Å²) in [4.78, 5) is 25.4. The average Bonchev–Trinajstić information content (AvgIpc) is 3.29. The number of aryl methyl sites for hydroxylation is 1. The lowest BCUT2D eigenvalue weighted by Crippen LogP contribution is -2.49. The van der Waals surface area contributed by atoms with E-state index in [-0.39, 0.29) is 29.6 Å². The minimum absolute atomic E-state index is 0.0571. The summed E-state index contributed by atoms with van der Waals surface area (Å²) >= 11 is 0. The first-order valence-corrected chi connectivity index (χ1v) is 14.1. The summed E-state index contributed by atoms with van der Waals surface area (Å²) < 4.78 is 16.5. The number of amides is 2. The van der Waals surface area contributed by atoms with Crippen LogP contribution >= 0.6 is 0 Å². The number of unbranched alkanes of at least 4 members (excludes halogenated alkanes) is 3. The van der Waals surface area contributed by atoms with Crippen LogP contribution in [0.4, 0.5) is 0 Å². The molecule has 0 radical (unpaired) electrons. The zero-order chi connectivity index (χ0) is 27.3. The molecule has 0 aromatic heterocycles. The van der Waals surface area contributed by atoms with Crippen molar-refractivity contribution in [1.82, 2.24) is 10.6 Å². The summed E-state index contributed by atoms with van der Waals surface area (Å²) in [5, 5.41) is 6.00. The van der Waals surface area contributed by atoms with Gasteiger partial charge in [-0.25, -0.2) is 0 Å². The Morgan fingerprint density at radius 1 is 1.03 bits per heavy atom. The van der Waals surface area contributed by atoms with E-state index in [2.05, 4.69) is 50.5 Å². The van der Waals surface area contributed by atoms with Gasteiger partial charge in [0.15, 0.2) is 11.5 Å². The zero-order valence-corrected chi connectivity index (χ0v) is 24.0. The maximum atomic E-state index is 13.4. The van der Waals surface area contributed by atoms with Crippen molar-refractivity contribution >= 4 is 11.8 Å². The molecule has 1 saturated heterocycles. The molecule has 2 amide bonds. The van der Waals surface area contributed by atoms with Crippen LogP contribution in [-0.2, 0) is 20.7 Å². The number of carbonyl (C=O) groups is 2. The maximum Gasteiger partial charge on any atom is 0.226 e. The lowest BCUT2D eigenvalue weighted by atomic mass is 9.65. The molecule has 0 bridgehead atoms. The Labute approximate surface area is 224 Å². The van der Waals surface area contributed by atoms with E-state index in [4.69, 9.17) is 14.2 Å². The molecule has 0 aliphatic carbocycles. The molecule has 1 heterocycles. The van der Waals surface area contributed by atoms with Crippen LogP contribution in [0.25, 0.3) is 0 Å². The fourth-order valence-electron chi connectivity index (χ4n) is 5.58. The zero-order valence-electron chi connectivity index (χ0n) is 24.0. The van der Waals surface area contributed by atoms with Gasteiger partial charge in [0, 0.05) is 33.2 Å². The molecular formula is C30H50N2O5. The summed E-state index contributed by atoms with van der Waals surface area (Å²) in [6.45, 7) is 11.0. The van der Waals surface area contributed by atoms with Gasteiger partial charge >= 0.3 is 0 Å². The van der Waals surface area contributed by atoms with E-state index < -0.39 is 5.41 Å². The summed E-state index contributed by atoms with van der Waals surface area (Å²) in [5.74, 6) is 2.06. The molecule has 7 nitrogen and oxygen atoms in total. The third kappa shape index (κ3) is 8.91. The van der Waals surface area contributed by atoms with Gasteiger partial charge < -0.3 is 24.8 Å². The highest BCUT2D eigenvalue weighted by atomic mass is 16.5. The van der Waals surface area contributed by atoms with Crippen LogP contribution in [0.5, 0.6) is 11.5 Å². The van der Waals surface area contributed by atoms with E-state index in [0.29, 0.717) is 26.3 Å². The van der Waals surface area contributed by atoms with Crippen molar-refractivity contribution in [2.24, 2.45) is 23.2 Å². The van der Waals surface area contributed by atoms with E-state index >= 15 is 0 Å². The fourth-order valence-corrected chi connectivity index (χ4v) is 5.58. The van der Waals surface area contributed by atoms with Crippen LogP contribution in [0, 0.1) is 23.2 Å². The molecule has 2 rings (SSSR count). The molecule has 1 aromatic carbocycles. The highest BCUT2D eigenvalue weighted by Gasteiger charge is 2.43. The van der Waals surface area contributed by atoms with Crippen molar-refractivity contribution in [3.05, 3.63) is 23.8 Å². The van der Waals surface area contributed by atoms with Crippen LogP contribution in [-0.4, -0.2) is 52.3 Å². The third-order valence-electron chi connectivity index (χ3n) is 7.94. The molecule has 1 atom stereocenters. The maximum absolute atomic E-state index is 13.4. The van der Waals surface area contributed by atoms with Crippen molar-refractivity contribution in [1.29, 1.82) is 0 Å². The smallest absolute Gasteiger partial charge is 0.226 e. The van der Waals surface area contributed by atoms with E-state index in [1.165, 1.54) is 5.56 Å². The highest BCUT2D eigenvalue weighted by molar-refractivity contribution is 5.85. The van der Waals surface area contributed by atoms with Gasteiger partial charge in [0.05, 0.1) is 25.0 Å². The van der Waals surface area contributed by atoms with Gasteiger partial charge in [-0.1, -0.05) is 53.0 Å². The van der Waals surface area contributed by atoms with Gasteiger partial charge in [0.25, 0.3) is 0 Å². The first-order valence-electron chi connectivity index (χ1n) is 14.1. The summed E-state index contributed by atoms with van der Waals surface area (Å²) in [6, 6.07) is 6.18. The number of hydrogen-bond donors (Lipinski definition) is 2. The Kier molecular flexibility index (Phi) is 13.3. The molecular weight excluding hydrogens is 468 g/mol. The van der Waals surface area contributed by atoms with Crippen molar-refractivity contribution < 1.29 is 23.8 Å². The second kappa shape index (κ2) is 15.9. The molecule has 0 saturated carbocycles. The van der Waals surface area contributed by atoms with E-state index in [0.717, 1.165) is 62.9 Å². The van der Waals surface area contributed by atoms with Crippen LogP contribution in [0.2, 0.25) is 0 Å². The normalized spacial score (nSPS) is 15.8. The number of ether oxygens (including phenoxy) is 3. The largest absolute Gasteiger partial charge is 0.493 e. The molecule has 0 spiro atoms. The Bertz CT molecular complexity index is 831. The SMILES string of the molecule is COCCCOc1cc(CCCCCCC(C(=O)NC[C@H]2CCNC2=O)(C(C)C)C(C)C)ccc1OC. The average molecular weight is 519 g/mol. The lowest BCUT2D eigenvalue weighted by molar-refractivity contribution is -0.138. The molecule has 210 valence electrons. The van der Waals surface area contributed by atoms with Crippen molar-refractivity contribution in [3.63, 3.8) is 0 Å². The van der Waals surface area contributed by atoms with Crippen molar-refractivity contribution in [2.45, 2.75) is 79.1 Å². The Morgan fingerprint density at radius 3 is 2.38 bits per heavy atom. The molecule has 1 aliphatic rings. The topological polar surface area (TPSA) is 85.9 Å². The lowest BCUT2D eigenvalue weighted by Gasteiger charge is -2.40. The number of methoxy groups -OCH3 is 2. The van der Waals surface area contributed by atoms with Gasteiger partial charge in [0.2, 0.25) is 11.8 Å². The minimum Gasteiger partial charge on any atom is -0.493 e. The van der Waals surface area contributed by atoms with Gasteiger partial charge in [-0.15, -0.1) is 0 Å². The summed E-state index contributed by atoms with van der Waals surface area (Å²) in [5.41, 5.74) is 0.830. The van der Waals surface area contributed by atoms with Crippen LogP contribution < -0.4 is 20.1 Å². The molecule has 0 unspecified atom stereocenters. The second-order valence-corrected chi connectivity index (χ2v) is 10.9. The fraction of sp³-hybridized carbons (Fsp3) is 0.733. The van der Waals surface area contributed by atoms with Crippen LogP contribution in [0.15, 0.2) is 18.2 Å². The Hall–Kier alpha value is -2.28. The van der Waals surface area contributed by atoms with E-state index in [1.54, 1.807) is 14.2 Å². The van der Waals surface area contributed by atoms with Crippen molar-refractivity contribution in [2.75, 3.05) is 40.5 Å². The van der Waals surface area contributed by atoms with Gasteiger partial charge in [-0.05, 0) is 55.2 Å².